The molecule has 0 aliphatic carbocycles. The number of rotatable bonds is 5. The summed E-state index contributed by atoms with van der Waals surface area (Å²) in [4.78, 5) is 25.7. The van der Waals surface area contributed by atoms with E-state index in [1.807, 2.05) is 31.2 Å². The molecule has 0 aromatic heterocycles. The third kappa shape index (κ3) is 4.42. The van der Waals surface area contributed by atoms with Crippen molar-refractivity contribution in [3.8, 4) is 0 Å². The van der Waals surface area contributed by atoms with Gasteiger partial charge in [0.05, 0.1) is 0 Å². The predicted molar refractivity (Wildman–Crippen MR) is 93.9 cm³/mol. The first kappa shape index (κ1) is 16.7. The standard InChI is InChI=1S/C19H22N2O2/c1-4-12-21(18-7-5-6-14(2)13-18)19(23)16-8-10-17(11-9-16)20-15(3)22/h5-11,13H,4,12H2,1-3H3,(H,20,22). The normalized spacial score (nSPS) is 10.2. The molecular weight excluding hydrogens is 288 g/mol. The summed E-state index contributed by atoms with van der Waals surface area (Å²) in [6, 6.07) is 14.9. The van der Waals surface area contributed by atoms with Crippen LogP contribution in [0, 0.1) is 6.92 Å². The smallest absolute Gasteiger partial charge is 0.258 e. The van der Waals surface area contributed by atoms with Crippen LogP contribution < -0.4 is 10.2 Å². The highest BCUT2D eigenvalue weighted by Gasteiger charge is 2.17. The van der Waals surface area contributed by atoms with Gasteiger partial charge in [0.1, 0.15) is 0 Å². The Balaban J connectivity index is 2.25. The van der Waals surface area contributed by atoms with Gasteiger partial charge >= 0.3 is 0 Å². The number of nitrogens with one attached hydrogen (secondary N) is 1. The van der Waals surface area contributed by atoms with Crippen molar-refractivity contribution in [3.05, 3.63) is 59.7 Å². The fourth-order valence-corrected chi connectivity index (χ4v) is 2.42. The Morgan fingerprint density at radius 1 is 1.09 bits per heavy atom. The van der Waals surface area contributed by atoms with Gasteiger partial charge in [-0.2, -0.15) is 0 Å². The van der Waals surface area contributed by atoms with Crippen molar-refractivity contribution in [3.63, 3.8) is 0 Å². The van der Waals surface area contributed by atoms with Crippen molar-refractivity contribution in [2.24, 2.45) is 0 Å². The lowest BCUT2D eigenvalue weighted by Crippen LogP contribution is -2.31. The summed E-state index contributed by atoms with van der Waals surface area (Å²) in [5, 5.41) is 2.70. The van der Waals surface area contributed by atoms with Crippen LogP contribution in [0.4, 0.5) is 11.4 Å². The average Bonchev–Trinajstić information content (AvgIpc) is 2.52. The minimum Gasteiger partial charge on any atom is -0.326 e. The molecule has 23 heavy (non-hydrogen) atoms. The van der Waals surface area contributed by atoms with Crippen LogP contribution in [0.2, 0.25) is 0 Å². The molecule has 0 unspecified atom stereocenters. The topological polar surface area (TPSA) is 49.4 Å². The van der Waals surface area contributed by atoms with E-state index >= 15 is 0 Å². The zero-order valence-electron chi connectivity index (χ0n) is 13.8. The van der Waals surface area contributed by atoms with Crippen molar-refractivity contribution in [2.75, 3.05) is 16.8 Å². The molecule has 2 aromatic carbocycles. The first-order valence-electron chi connectivity index (χ1n) is 7.77. The molecule has 4 nitrogen and oxygen atoms in total. The second kappa shape index (κ2) is 7.58. The summed E-state index contributed by atoms with van der Waals surface area (Å²) in [7, 11) is 0. The summed E-state index contributed by atoms with van der Waals surface area (Å²) >= 11 is 0. The number of benzene rings is 2. The largest absolute Gasteiger partial charge is 0.326 e. The summed E-state index contributed by atoms with van der Waals surface area (Å²) in [5.74, 6) is -0.164. The molecule has 0 aliphatic heterocycles. The highest BCUT2D eigenvalue weighted by molar-refractivity contribution is 6.06. The van der Waals surface area contributed by atoms with E-state index in [9.17, 15) is 9.59 Å². The third-order valence-electron chi connectivity index (χ3n) is 3.46. The van der Waals surface area contributed by atoms with Gasteiger partial charge in [0.15, 0.2) is 0 Å². The van der Waals surface area contributed by atoms with Gasteiger partial charge in [-0.15, -0.1) is 0 Å². The Kier molecular flexibility index (Phi) is 5.52. The van der Waals surface area contributed by atoms with Gasteiger partial charge < -0.3 is 10.2 Å². The molecule has 2 amide bonds. The van der Waals surface area contributed by atoms with Crippen LogP contribution in [0.15, 0.2) is 48.5 Å². The molecule has 120 valence electrons. The predicted octanol–water partition coefficient (Wildman–Crippen LogP) is 4.01. The molecule has 4 heteroatoms. The minimum absolute atomic E-state index is 0.0353. The molecule has 0 radical (unpaired) electrons. The Morgan fingerprint density at radius 3 is 2.35 bits per heavy atom. The lowest BCUT2D eigenvalue weighted by Gasteiger charge is -2.23. The third-order valence-corrected chi connectivity index (χ3v) is 3.46. The number of carbonyl (C=O) groups excluding carboxylic acids is 2. The molecule has 2 aromatic rings. The van der Waals surface area contributed by atoms with Crippen LogP contribution in [-0.4, -0.2) is 18.4 Å². The number of hydrogen-bond donors (Lipinski definition) is 1. The number of hydrogen-bond acceptors (Lipinski definition) is 2. The molecule has 0 bridgehead atoms. The van der Waals surface area contributed by atoms with Gasteiger partial charge in [0, 0.05) is 30.4 Å². The Morgan fingerprint density at radius 2 is 1.78 bits per heavy atom. The molecule has 0 saturated carbocycles. The lowest BCUT2D eigenvalue weighted by atomic mass is 10.1. The van der Waals surface area contributed by atoms with Crippen LogP contribution >= 0.6 is 0 Å². The first-order chi connectivity index (χ1) is 11.0. The van der Waals surface area contributed by atoms with Crippen molar-refractivity contribution >= 4 is 23.2 Å². The first-order valence-corrected chi connectivity index (χ1v) is 7.77. The molecule has 0 fully saturated rings. The molecule has 0 heterocycles. The maximum atomic E-state index is 12.8. The van der Waals surface area contributed by atoms with Crippen molar-refractivity contribution in [1.82, 2.24) is 0 Å². The van der Waals surface area contributed by atoms with Crippen LogP contribution in [0.1, 0.15) is 36.2 Å². The van der Waals surface area contributed by atoms with Gasteiger partial charge in [-0.3, -0.25) is 9.59 Å². The summed E-state index contributed by atoms with van der Waals surface area (Å²) in [5.41, 5.74) is 3.32. The minimum atomic E-state index is -0.128. The highest BCUT2D eigenvalue weighted by atomic mass is 16.2. The molecule has 0 atom stereocenters. The van der Waals surface area contributed by atoms with E-state index in [4.69, 9.17) is 0 Å². The van der Waals surface area contributed by atoms with Gasteiger partial charge in [0.25, 0.3) is 5.91 Å². The molecule has 2 rings (SSSR count). The van der Waals surface area contributed by atoms with Gasteiger partial charge in [0.2, 0.25) is 5.91 Å². The van der Waals surface area contributed by atoms with Gasteiger partial charge in [-0.25, -0.2) is 0 Å². The zero-order valence-corrected chi connectivity index (χ0v) is 13.8. The SMILES string of the molecule is CCCN(C(=O)c1ccc(NC(C)=O)cc1)c1cccc(C)c1. The maximum Gasteiger partial charge on any atom is 0.258 e. The van der Waals surface area contributed by atoms with E-state index in [1.165, 1.54) is 6.92 Å². The van der Waals surface area contributed by atoms with Crippen LogP contribution in [-0.2, 0) is 4.79 Å². The second-order valence-corrected chi connectivity index (χ2v) is 5.55. The van der Waals surface area contributed by atoms with E-state index in [0.717, 1.165) is 17.7 Å². The summed E-state index contributed by atoms with van der Waals surface area (Å²) < 4.78 is 0. The van der Waals surface area contributed by atoms with E-state index in [2.05, 4.69) is 12.2 Å². The van der Waals surface area contributed by atoms with E-state index in [0.29, 0.717) is 17.8 Å². The van der Waals surface area contributed by atoms with E-state index in [-0.39, 0.29) is 11.8 Å². The number of nitrogens with zero attached hydrogens (tertiary/aromatic N) is 1. The van der Waals surface area contributed by atoms with Gasteiger partial charge in [-0.1, -0.05) is 19.1 Å². The Labute approximate surface area is 137 Å². The highest BCUT2D eigenvalue weighted by Crippen LogP contribution is 2.20. The Hall–Kier alpha value is -2.62. The molecule has 1 N–H and O–H groups in total. The van der Waals surface area contributed by atoms with Crippen LogP contribution in [0.5, 0.6) is 0 Å². The monoisotopic (exact) mass is 310 g/mol. The van der Waals surface area contributed by atoms with E-state index < -0.39 is 0 Å². The zero-order chi connectivity index (χ0) is 16.8. The fraction of sp³-hybridized carbons (Fsp3) is 0.263. The summed E-state index contributed by atoms with van der Waals surface area (Å²) in [6.45, 7) is 6.19. The average molecular weight is 310 g/mol. The van der Waals surface area contributed by atoms with E-state index in [1.54, 1.807) is 29.2 Å². The number of anilines is 2. The van der Waals surface area contributed by atoms with Gasteiger partial charge in [-0.05, 0) is 55.3 Å². The summed E-state index contributed by atoms with van der Waals surface area (Å²) in [6.07, 6.45) is 0.879. The van der Waals surface area contributed by atoms with Crippen molar-refractivity contribution < 1.29 is 9.59 Å². The number of carbonyl (C=O) groups is 2. The van der Waals surface area contributed by atoms with Crippen molar-refractivity contribution in [2.45, 2.75) is 27.2 Å². The lowest BCUT2D eigenvalue weighted by molar-refractivity contribution is -0.114. The number of aryl methyl sites for hydroxylation is 1. The maximum absolute atomic E-state index is 12.8. The van der Waals surface area contributed by atoms with Crippen molar-refractivity contribution in [1.29, 1.82) is 0 Å². The molecule has 0 saturated heterocycles. The second-order valence-electron chi connectivity index (χ2n) is 5.55. The quantitative estimate of drug-likeness (QED) is 0.907. The van der Waals surface area contributed by atoms with Crippen LogP contribution in [0.3, 0.4) is 0 Å². The van der Waals surface area contributed by atoms with Crippen LogP contribution in [0.25, 0.3) is 0 Å². The molecule has 0 aliphatic rings. The Bertz CT molecular complexity index is 693. The molecule has 0 spiro atoms. The fourth-order valence-electron chi connectivity index (χ4n) is 2.42. The number of amides is 2. The molecular formula is C19H22N2O2.